The number of hydrogen-bond donors (Lipinski definition) is 2. The van der Waals surface area contributed by atoms with Gasteiger partial charge in [-0.2, -0.15) is 0 Å². The summed E-state index contributed by atoms with van der Waals surface area (Å²) in [4.78, 5) is 9.13. The highest BCUT2D eigenvalue weighted by atomic mass is 31.2. The second-order valence-corrected chi connectivity index (χ2v) is 3.56. The van der Waals surface area contributed by atoms with Crippen molar-refractivity contribution in [2.45, 2.75) is 26.7 Å². The summed E-state index contributed by atoms with van der Waals surface area (Å²) in [5.74, 6) is 0. The Balaban J connectivity index is 2.97. The molecule has 2 N–H and O–H groups in total. The molecule has 0 aromatic rings. The molecule has 4 heteroatoms. The van der Waals surface area contributed by atoms with Crippen LogP contribution in [0, 0.1) is 0 Å². The van der Waals surface area contributed by atoms with E-state index >= 15 is 0 Å². The molecular weight excluding hydrogens is 161 g/mol. The van der Waals surface area contributed by atoms with E-state index in [-0.39, 0.29) is 0 Å². The van der Waals surface area contributed by atoms with Crippen molar-refractivity contribution in [3.8, 4) is 0 Å². The van der Waals surface area contributed by atoms with Crippen molar-refractivity contribution < 1.29 is 9.42 Å². The molecule has 1 unspecified atom stereocenters. The summed E-state index contributed by atoms with van der Waals surface area (Å²) in [6.45, 7) is 5.60. The standard InChI is InChI=1S/C7H18NO2P/c1-3-5-6-8-7-11(9)10-4-2/h8-9H,3-7H2,1-2H3. The van der Waals surface area contributed by atoms with Gasteiger partial charge in [-0.25, -0.2) is 0 Å². The van der Waals surface area contributed by atoms with Gasteiger partial charge in [0.05, 0.1) is 12.9 Å². The van der Waals surface area contributed by atoms with Crippen LogP contribution in [0.15, 0.2) is 0 Å². The maximum Gasteiger partial charge on any atom is 0.182 e. The first kappa shape index (κ1) is 11.3. The highest BCUT2D eigenvalue weighted by Gasteiger charge is 2.00. The van der Waals surface area contributed by atoms with E-state index in [0.717, 1.165) is 13.0 Å². The number of rotatable bonds is 7. The maximum atomic E-state index is 9.13. The zero-order valence-corrected chi connectivity index (χ0v) is 8.23. The van der Waals surface area contributed by atoms with E-state index in [2.05, 4.69) is 12.2 Å². The summed E-state index contributed by atoms with van der Waals surface area (Å²) < 4.78 is 4.98. The van der Waals surface area contributed by atoms with E-state index in [1.54, 1.807) is 0 Å². The molecule has 0 aromatic heterocycles. The predicted octanol–water partition coefficient (Wildman–Crippen LogP) is 1.67. The van der Waals surface area contributed by atoms with Gasteiger partial charge in [-0.15, -0.1) is 0 Å². The predicted molar refractivity (Wildman–Crippen MR) is 48.5 cm³/mol. The lowest BCUT2D eigenvalue weighted by Crippen LogP contribution is -2.15. The summed E-state index contributed by atoms with van der Waals surface area (Å²) in [5, 5.41) is 3.12. The minimum Gasteiger partial charge on any atom is -0.349 e. The average molecular weight is 179 g/mol. The molecule has 0 fully saturated rings. The quantitative estimate of drug-likeness (QED) is 0.461. The Kier molecular flexibility index (Phi) is 8.64. The fourth-order valence-electron chi connectivity index (χ4n) is 0.671. The molecule has 68 valence electrons. The first-order valence-electron chi connectivity index (χ1n) is 4.11. The van der Waals surface area contributed by atoms with Gasteiger partial charge in [-0.3, -0.25) is 0 Å². The smallest absolute Gasteiger partial charge is 0.182 e. The molecule has 1 atom stereocenters. The fraction of sp³-hybridized carbons (Fsp3) is 1.00. The molecule has 0 radical (unpaired) electrons. The van der Waals surface area contributed by atoms with Gasteiger partial charge < -0.3 is 14.7 Å². The van der Waals surface area contributed by atoms with Gasteiger partial charge in [0.15, 0.2) is 8.38 Å². The molecule has 0 saturated heterocycles. The van der Waals surface area contributed by atoms with Crippen LogP contribution < -0.4 is 5.32 Å². The van der Waals surface area contributed by atoms with Crippen LogP contribution in [-0.4, -0.2) is 24.3 Å². The summed E-state index contributed by atoms with van der Waals surface area (Å²) in [5.41, 5.74) is 0. The second-order valence-electron chi connectivity index (χ2n) is 2.28. The van der Waals surface area contributed by atoms with E-state index < -0.39 is 8.38 Å². The molecule has 0 aliphatic carbocycles. The van der Waals surface area contributed by atoms with Gasteiger partial charge in [-0.1, -0.05) is 13.3 Å². The van der Waals surface area contributed by atoms with E-state index in [1.165, 1.54) is 6.42 Å². The van der Waals surface area contributed by atoms with Crippen LogP contribution in [0.1, 0.15) is 26.7 Å². The Labute approximate surface area is 70.1 Å². The number of unbranched alkanes of at least 4 members (excludes halogenated alkanes) is 1. The van der Waals surface area contributed by atoms with Crippen LogP contribution in [0.2, 0.25) is 0 Å². The molecule has 0 spiro atoms. The normalized spacial score (nSPS) is 13.4. The summed E-state index contributed by atoms with van der Waals surface area (Å²) >= 11 is 0. The summed E-state index contributed by atoms with van der Waals surface area (Å²) in [6, 6.07) is 0. The molecule has 0 amide bonds. The lowest BCUT2D eigenvalue weighted by molar-refractivity contribution is 0.327. The molecule has 0 aliphatic heterocycles. The first-order chi connectivity index (χ1) is 5.31. The molecule has 3 nitrogen and oxygen atoms in total. The van der Waals surface area contributed by atoms with E-state index in [4.69, 9.17) is 9.42 Å². The minimum atomic E-state index is -1.21. The third-order valence-corrected chi connectivity index (χ3v) is 2.28. The molecular formula is C7H18NO2P. The van der Waals surface area contributed by atoms with Crippen molar-refractivity contribution in [1.29, 1.82) is 0 Å². The highest BCUT2D eigenvalue weighted by Crippen LogP contribution is 2.28. The van der Waals surface area contributed by atoms with Crippen LogP contribution in [-0.2, 0) is 4.52 Å². The van der Waals surface area contributed by atoms with Crippen molar-refractivity contribution in [2.75, 3.05) is 19.4 Å². The van der Waals surface area contributed by atoms with E-state index in [9.17, 15) is 0 Å². The lowest BCUT2D eigenvalue weighted by atomic mass is 10.3. The molecule has 0 saturated carbocycles. The maximum absolute atomic E-state index is 9.13. The zero-order valence-electron chi connectivity index (χ0n) is 7.34. The molecule has 0 rings (SSSR count). The molecule has 11 heavy (non-hydrogen) atoms. The van der Waals surface area contributed by atoms with Crippen LogP contribution in [0.3, 0.4) is 0 Å². The van der Waals surface area contributed by atoms with Gasteiger partial charge in [0.2, 0.25) is 0 Å². The third kappa shape index (κ3) is 8.21. The molecule has 0 bridgehead atoms. The lowest BCUT2D eigenvalue weighted by Gasteiger charge is -2.09. The van der Waals surface area contributed by atoms with E-state index in [1.807, 2.05) is 6.92 Å². The Bertz CT molecular complexity index is 82.8. The van der Waals surface area contributed by atoms with Crippen LogP contribution in [0.5, 0.6) is 0 Å². The zero-order chi connectivity index (χ0) is 8.53. The highest BCUT2D eigenvalue weighted by molar-refractivity contribution is 7.46. The Morgan fingerprint density at radius 2 is 2.18 bits per heavy atom. The third-order valence-electron chi connectivity index (χ3n) is 1.23. The average Bonchev–Trinajstić information content (AvgIpc) is 1.99. The van der Waals surface area contributed by atoms with Crippen LogP contribution in [0.4, 0.5) is 0 Å². The second kappa shape index (κ2) is 8.41. The monoisotopic (exact) mass is 179 g/mol. The van der Waals surface area contributed by atoms with Gasteiger partial charge in [-0.05, 0) is 19.9 Å². The Morgan fingerprint density at radius 3 is 2.73 bits per heavy atom. The molecule has 0 heterocycles. The first-order valence-corrected chi connectivity index (χ1v) is 5.51. The Morgan fingerprint density at radius 1 is 1.45 bits per heavy atom. The van der Waals surface area contributed by atoms with Crippen molar-refractivity contribution in [3.63, 3.8) is 0 Å². The number of nitrogens with one attached hydrogen (secondary N) is 1. The largest absolute Gasteiger partial charge is 0.349 e. The fourth-order valence-corrected chi connectivity index (χ4v) is 1.41. The van der Waals surface area contributed by atoms with E-state index in [0.29, 0.717) is 12.9 Å². The van der Waals surface area contributed by atoms with Gasteiger partial charge in [0.1, 0.15) is 0 Å². The minimum absolute atomic E-state index is 0.595. The molecule has 0 aromatic carbocycles. The van der Waals surface area contributed by atoms with Crippen LogP contribution in [0.25, 0.3) is 0 Å². The molecule has 0 aliphatic rings. The SMILES string of the molecule is CCCCNCP(O)OCC. The van der Waals surface area contributed by atoms with Crippen molar-refractivity contribution in [3.05, 3.63) is 0 Å². The van der Waals surface area contributed by atoms with Crippen molar-refractivity contribution in [1.82, 2.24) is 5.32 Å². The number of hydrogen-bond acceptors (Lipinski definition) is 3. The Hall–Kier alpha value is 0.310. The van der Waals surface area contributed by atoms with Gasteiger partial charge >= 0.3 is 0 Å². The van der Waals surface area contributed by atoms with Crippen molar-refractivity contribution in [2.24, 2.45) is 0 Å². The van der Waals surface area contributed by atoms with Gasteiger partial charge in [0.25, 0.3) is 0 Å². The van der Waals surface area contributed by atoms with Crippen LogP contribution >= 0.6 is 8.38 Å². The van der Waals surface area contributed by atoms with Gasteiger partial charge in [0, 0.05) is 0 Å². The summed E-state index contributed by atoms with van der Waals surface area (Å²) in [6.07, 6.45) is 2.95. The van der Waals surface area contributed by atoms with Crippen molar-refractivity contribution >= 4 is 8.38 Å². The topological polar surface area (TPSA) is 41.5 Å². The summed E-state index contributed by atoms with van der Waals surface area (Å²) in [7, 11) is -1.21.